The highest BCUT2D eigenvalue weighted by Crippen LogP contribution is 2.46. The molecule has 2 N–H and O–H groups in total. The van der Waals surface area contributed by atoms with E-state index in [0.717, 1.165) is 29.3 Å². The fourth-order valence-corrected chi connectivity index (χ4v) is 5.96. The number of carboxylic acid groups (broad SMARTS) is 1. The summed E-state index contributed by atoms with van der Waals surface area (Å²) in [6, 6.07) is 17.7. The third-order valence-corrected chi connectivity index (χ3v) is 8.41. The highest BCUT2D eigenvalue weighted by Gasteiger charge is 2.55. The standard InChI is InChI=1S/C34H38F4N2O4.2ClH/c1-33(2,3)23-6-11-26(12-7-23)44-30(32(41)42)16-21-4-9-25(10-5-21)43-15-14-39-31-27-19-40(20-28(27)31)18-22-17-24(35)8-13-29(22)34(36,37)38;;/h4-13,17,27-28,30-31,39H,14-16,18-20H2,1-3H3,(H,41,42);2*1H/t27-,28?,30-,31+;;/m0../s1. The number of rotatable bonds is 12. The Morgan fingerprint density at radius 3 is 2.13 bits per heavy atom. The molecule has 0 spiro atoms. The number of hydrogen-bond donors (Lipinski definition) is 2. The Balaban J connectivity index is 0.00000288. The number of likely N-dealkylation sites (tertiary alicyclic amines) is 1. The van der Waals surface area contributed by atoms with Gasteiger partial charge in [-0.15, -0.1) is 24.8 Å². The van der Waals surface area contributed by atoms with E-state index in [4.69, 9.17) is 9.47 Å². The molecule has 0 radical (unpaired) electrons. The molecule has 1 unspecified atom stereocenters. The van der Waals surface area contributed by atoms with Crippen LogP contribution in [0.25, 0.3) is 0 Å². The first-order valence-corrected chi connectivity index (χ1v) is 14.8. The highest BCUT2D eigenvalue weighted by atomic mass is 35.5. The molecule has 1 saturated carbocycles. The lowest BCUT2D eigenvalue weighted by atomic mass is 9.87. The van der Waals surface area contributed by atoms with E-state index in [9.17, 15) is 27.5 Å². The van der Waals surface area contributed by atoms with Crippen molar-refractivity contribution in [3.05, 3.63) is 94.8 Å². The topological polar surface area (TPSA) is 71.0 Å². The van der Waals surface area contributed by atoms with Crippen LogP contribution >= 0.6 is 24.8 Å². The van der Waals surface area contributed by atoms with Crippen molar-refractivity contribution in [1.29, 1.82) is 0 Å². The number of ether oxygens (including phenoxy) is 2. The molecular weight excluding hydrogens is 647 g/mol. The van der Waals surface area contributed by atoms with Crippen LogP contribution in [0.2, 0.25) is 0 Å². The summed E-state index contributed by atoms with van der Waals surface area (Å²) in [5.41, 5.74) is 1.13. The van der Waals surface area contributed by atoms with Crippen molar-refractivity contribution < 1.29 is 36.9 Å². The van der Waals surface area contributed by atoms with Gasteiger partial charge in [0.05, 0.1) is 5.56 Å². The number of alkyl halides is 3. The van der Waals surface area contributed by atoms with Crippen LogP contribution in [0.1, 0.15) is 43.0 Å². The maximum Gasteiger partial charge on any atom is 0.416 e. The zero-order valence-electron chi connectivity index (χ0n) is 25.9. The molecule has 3 aromatic carbocycles. The third kappa shape index (κ3) is 9.50. The average molecular weight is 688 g/mol. The van der Waals surface area contributed by atoms with Gasteiger partial charge >= 0.3 is 12.1 Å². The minimum atomic E-state index is -4.51. The monoisotopic (exact) mass is 686 g/mol. The number of carboxylic acids is 1. The molecule has 1 heterocycles. The normalized spacial score (nSPS) is 19.8. The van der Waals surface area contributed by atoms with Crippen molar-refractivity contribution >= 4 is 30.8 Å². The van der Waals surface area contributed by atoms with E-state index in [-0.39, 0.29) is 48.8 Å². The molecule has 1 aliphatic heterocycles. The van der Waals surface area contributed by atoms with E-state index in [1.165, 1.54) is 0 Å². The molecule has 3 aromatic rings. The number of halogens is 6. The summed E-state index contributed by atoms with van der Waals surface area (Å²) in [5, 5.41) is 13.2. The van der Waals surface area contributed by atoms with Crippen molar-refractivity contribution in [2.45, 2.75) is 57.5 Å². The minimum absolute atomic E-state index is 0. The summed E-state index contributed by atoms with van der Waals surface area (Å²) in [6.45, 7) is 8.80. The summed E-state index contributed by atoms with van der Waals surface area (Å²) in [4.78, 5) is 13.8. The zero-order valence-corrected chi connectivity index (χ0v) is 27.5. The minimum Gasteiger partial charge on any atom is -0.492 e. The lowest BCUT2D eigenvalue weighted by Gasteiger charge is -2.22. The van der Waals surface area contributed by atoms with E-state index >= 15 is 0 Å². The van der Waals surface area contributed by atoms with Crippen LogP contribution < -0.4 is 14.8 Å². The maximum atomic E-state index is 13.6. The van der Waals surface area contributed by atoms with Crippen LogP contribution in [0.3, 0.4) is 0 Å². The number of carbonyl (C=O) groups is 1. The van der Waals surface area contributed by atoms with Gasteiger partial charge < -0.3 is 19.9 Å². The fourth-order valence-electron chi connectivity index (χ4n) is 5.96. The first kappa shape index (κ1) is 37.4. The van der Waals surface area contributed by atoms with E-state index in [2.05, 4.69) is 26.1 Å². The molecule has 252 valence electrons. The first-order chi connectivity index (χ1) is 20.8. The molecule has 1 aliphatic carbocycles. The number of nitrogens with zero attached hydrogens (tertiary/aromatic N) is 1. The molecule has 46 heavy (non-hydrogen) atoms. The largest absolute Gasteiger partial charge is 0.492 e. The Kier molecular flexibility index (Phi) is 12.4. The summed E-state index contributed by atoms with van der Waals surface area (Å²) < 4.78 is 65.2. The van der Waals surface area contributed by atoms with Gasteiger partial charge in [0.1, 0.15) is 23.9 Å². The number of fused-ring (bicyclic) bond motifs is 1. The molecule has 6 nitrogen and oxygen atoms in total. The second-order valence-electron chi connectivity index (χ2n) is 12.7. The summed E-state index contributed by atoms with van der Waals surface area (Å²) in [6.07, 6.45) is -5.33. The van der Waals surface area contributed by atoms with E-state index < -0.39 is 29.6 Å². The molecular formula is C34H40Cl2F4N2O4. The molecule has 0 aromatic heterocycles. The molecule has 2 aliphatic rings. The second kappa shape index (κ2) is 15.2. The van der Waals surface area contributed by atoms with E-state index in [1.807, 2.05) is 29.2 Å². The quantitative estimate of drug-likeness (QED) is 0.156. The van der Waals surface area contributed by atoms with Crippen LogP contribution in [0, 0.1) is 17.7 Å². The predicted molar refractivity (Wildman–Crippen MR) is 173 cm³/mol. The van der Waals surface area contributed by atoms with Gasteiger partial charge in [-0.2, -0.15) is 13.2 Å². The molecule has 5 rings (SSSR count). The van der Waals surface area contributed by atoms with Gasteiger partial charge in [-0.1, -0.05) is 45.0 Å². The van der Waals surface area contributed by atoms with Crippen molar-refractivity contribution in [3.8, 4) is 11.5 Å². The molecule has 0 bridgehead atoms. The van der Waals surface area contributed by atoms with Gasteiger partial charge in [-0.25, -0.2) is 9.18 Å². The maximum absolute atomic E-state index is 13.6. The average Bonchev–Trinajstić information content (AvgIpc) is 3.40. The van der Waals surface area contributed by atoms with Crippen molar-refractivity contribution in [1.82, 2.24) is 10.2 Å². The Labute approximate surface area is 279 Å². The van der Waals surface area contributed by atoms with E-state index in [0.29, 0.717) is 55.6 Å². The first-order valence-electron chi connectivity index (χ1n) is 14.8. The number of nitrogens with one attached hydrogen (secondary N) is 1. The van der Waals surface area contributed by atoms with Crippen LogP contribution in [-0.2, 0) is 29.4 Å². The van der Waals surface area contributed by atoms with Gasteiger partial charge in [-0.3, -0.25) is 4.90 Å². The van der Waals surface area contributed by atoms with Crippen molar-refractivity contribution in [2.24, 2.45) is 11.8 Å². The Bertz CT molecular complexity index is 1440. The van der Waals surface area contributed by atoms with Gasteiger partial charge in [-0.05, 0) is 76.4 Å². The predicted octanol–water partition coefficient (Wildman–Crippen LogP) is 7.16. The number of aliphatic carboxylic acids is 1. The van der Waals surface area contributed by atoms with Crippen molar-refractivity contribution in [2.75, 3.05) is 26.2 Å². The zero-order chi connectivity index (χ0) is 31.6. The van der Waals surface area contributed by atoms with Gasteiger partial charge in [0.25, 0.3) is 0 Å². The van der Waals surface area contributed by atoms with Gasteiger partial charge in [0.15, 0.2) is 6.10 Å². The fraction of sp³-hybridized carbons (Fsp3) is 0.441. The Morgan fingerprint density at radius 2 is 1.57 bits per heavy atom. The smallest absolute Gasteiger partial charge is 0.416 e. The number of piperidine rings is 1. The lowest BCUT2D eigenvalue weighted by Crippen LogP contribution is -2.33. The van der Waals surface area contributed by atoms with Crippen LogP contribution in [0.5, 0.6) is 11.5 Å². The number of benzene rings is 3. The lowest BCUT2D eigenvalue weighted by molar-refractivity contribution is -0.145. The highest BCUT2D eigenvalue weighted by molar-refractivity contribution is 5.85. The van der Waals surface area contributed by atoms with E-state index in [1.54, 1.807) is 24.3 Å². The molecule has 12 heteroatoms. The molecule has 4 atom stereocenters. The molecule has 2 fully saturated rings. The van der Waals surface area contributed by atoms with Crippen LogP contribution in [0.15, 0.2) is 66.7 Å². The number of hydrogen-bond acceptors (Lipinski definition) is 5. The summed E-state index contributed by atoms with van der Waals surface area (Å²) in [7, 11) is 0. The summed E-state index contributed by atoms with van der Waals surface area (Å²) in [5.74, 6) is 0.189. The molecule has 1 saturated heterocycles. The van der Waals surface area contributed by atoms with Crippen LogP contribution in [0.4, 0.5) is 17.6 Å². The third-order valence-electron chi connectivity index (χ3n) is 8.41. The van der Waals surface area contributed by atoms with Gasteiger partial charge in [0, 0.05) is 38.6 Å². The Hall–Kier alpha value is -3.05. The van der Waals surface area contributed by atoms with Crippen LogP contribution in [-0.4, -0.2) is 54.4 Å². The SMILES string of the molecule is CC(C)(C)c1ccc(O[C@@H](Cc2ccc(OCCN[C@H]3C4CN(Cc5cc(F)ccc5C(F)(F)F)C[C@@H]43)cc2)C(=O)O)cc1.Cl.Cl. The Morgan fingerprint density at radius 1 is 0.957 bits per heavy atom. The van der Waals surface area contributed by atoms with Crippen molar-refractivity contribution in [3.63, 3.8) is 0 Å². The van der Waals surface area contributed by atoms with Gasteiger partial charge in [0.2, 0.25) is 0 Å². The second-order valence-corrected chi connectivity index (χ2v) is 12.7. The molecule has 0 amide bonds. The summed E-state index contributed by atoms with van der Waals surface area (Å²) >= 11 is 0.